The van der Waals surface area contributed by atoms with Crippen molar-refractivity contribution in [2.45, 2.75) is 11.0 Å². The monoisotopic (exact) mass is 239 g/mol. The van der Waals surface area contributed by atoms with Gasteiger partial charge in [-0.3, -0.25) is 0 Å². The Morgan fingerprint density at radius 3 is 3.12 bits per heavy atom. The predicted octanol–water partition coefficient (Wildman–Crippen LogP) is 1.78. The fourth-order valence-electron chi connectivity index (χ4n) is 1.65. The molecule has 1 aliphatic rings. The van der Waals surface area contributed by atoms with Crippen LogP contribution in [0.15, 0.2) is 29.2 Å². The van der Waals surface area contributed by atoms with Crippen LogP contribution in [0.2, 0.25) is 0 Å². The molecule has 0 spiro atoms. The van der Waals surface area contributed by atoms with E-state index in [4.69, 9.17) is 9.47 Å². The van der Waals surface area contributed by atoms with Gasteiger partial charge in [0.15, 0.2) is 0 Å². The predicted molar refractivity (Wildman–Crippen MR) is 66.3 cm³/mol. The molecule has 0 amide bonds. The van der Waals surface area contributed by atoms with E-state index >= 15 is 0 Å². The standard InChI is InChI=1S/C12H17NO2S/c1-14-11-4-2-3-5-12(11)16-9-10-8-13-6-7-15-10/h2-5,10,13H,6-9H2,1H3. The van der Waals surface area contributed by atoms with Crippen molar-refractivity contribution >= 4 is 11.8 Å². The van der Waals surface area contributed by atoms with Crippen LogP contribution in [0.3, 0.4) is 0 Å². The van der Waals surface area contributed by atoms with E-state index in [1.165, 1.54) is 4.90 Å². The molecule has 0 saturated carbocycles. The van der Waals surface area contributed by atoms with Gasteiger partial charge in [-0.25, -0.2) is 0 Å². The van der Waals surface area contributed by atoms with Crippen molar-refractivity contribution in [1.82, 2.24) is 5.32 Å². The lowest BCUT2D eigenvalue weighted by molar-refractivity contribution is 0.0441. The second kappa shape index (κ2) is 6.13. The molecule has 88 valence electrons. The van der Waals surface area contributed by atoms with Crippen LogP contribution in [0, 0.1) is 0 Å². The molecular weight excluding hydrogens is 222 g/mol. The van der Waals surface area contributed by atoms with Crippen LogP contribution >= 0.6 is 11.8 Å². The summed E-state index contributed by atoms with van der Waals surface area (Å²) in [5, 5.41) is 3.33. The van der Waals surface area contributed by atoms with Crippen molar-refractivity contribution in [2.24, 2.45) is 0 Å². The van der Waals surface area contributed by atoms with Gasteiger partial charge in [0.25, 0.3) is 0 Å². The van der Waals surface area contributed by atoms with E-state index in [-0.39, 0.29) is 0 Å². The summed E-state index contributed by atoms with van der Waals surface area (Å²) in [6.07, 6.45) is 0.309. The van der Waals surface area contributed by atoms with Crippen molar-refractivity contribution in [1.29, 1.82) is 0 Å². The van der Waals surface area contributed by atoms with E-state index in [0.717, 1.165) is 31.2 Å². The maximum absolute atomic E-state index is 5.65. The Morgan fingerprint density at radius 1 is 1.50 bits per heavy atom. The molecule has 1 atom stereocenters. The van der Waals surface area contributed by atoms with E-state index < -0.39 is 0 Å². The number of morpholine rings is 1. The zero-order valence-electron chi connectivity index (χ0n) is 9.44. The molecule has 0 aliphatic carbocycles. The van der Waals surface area contributed by atoms with Gasteiger partial charge in [0.2, 0.25) is 0 Å². The van der Waals surface area contributed by atoms with Gasteiger partial charge in [-0.05, 0) is 12.1 Å². The smallest absolute Gasteiger partial charge is 0.132 e. The first-order valence-electron chi connectivity index (χ1n) is 5.48. The molecule has 0 aromatic heterocycles. The highest BCUT2D eigenvalue weighted by molar-refractivity contribution is 7.99. The number of rotatable bonds is 4. The van der Waals surface area contributed by atoms with Gasteiger partial charge in [0.1, 0.15) is 5.75 Å². The minimum absolute atomic E-state index is 0.309. The van der Waals surface area contributed by atoms with Crippen LogP contribution in [0.25, 0.3) is 0 Å². The molecule has 1 unspecified atom stereocenters. The quantitative estimate of drug-likeness (QED) is 0.811. The fraction of sp³-hybridized carbons (Fsp3) is 0.500. The van der Waals surface area contributed by atoms with E-state index in [9.17, 15) is 0 Å². The molecule has 1 aromatic rings. The third-order valence-corrected chi connectivity index (χ3v) is 3.68. The van der Waals surface area contributed by atoms with Crippen molar-refractivity contribution in [3.8, 4) is 5.75 Å². The number of hydrogen-bond donors (Lipinski definition) is 1. The van der Waals surface area contributed by atoms with Gasteiger partial charge in [-0.2, -0.15) is 0 Å². The Hall–Kier alpha value is -0.710. The maximum atomic E-state index is 5.65. The van der Waals surface area contributed by atoms with Crippen LogP contribution in [-0.2, 0) is 4.74 Å². The fourth-order valence-corrected chi connectivity index (χ4v) is 2.70. The molecule has 0 radical (unpaired) electrons. The number of nitrogens with one attached hydrogen (secondary N) is 1. The summed E-state index contributed by atoms with van der Waals surface area (Å²) < 4.78 is 11.0. The number of hydrogen-bond acceptors (Lipinski definition) is 4. The summed E-state index contributed by atoms with van der Waals surface area (Å²) in [6, 6.07) is 8.09. The van der Waals surface area contributed by atoms with Crippen LogP contribution in [0.1, 0.15) is 0 Å². The maximum Gasteiger partial charge on any atom is 0.132 e. The summed E-state index contributed by atoms with van der Waals surface area (Å²) in [5.41, 5.74) is 0. The lowest BCUT2D eigenvalue weighted by atomic mass is 10.3. The minimum Gasteiger partial charge on any atom is -0.496 e. The number of methoxy groups -OCH3 is 1. The second-order valence-electron chi connectivity index (χ2n) is 3.66. The van der Waals surface area contributed by atoms with E-state index in [2.05, 4.69) is 11.4 Å². The van der Waals surface area contributed by atoms with E-state index in [0.29, 0.717) is 6.10 Å². The SMILES string of the molecule is COc1ccccc1SCC1CNCCO1. The number of ether oxygens (including phenoxy) is 2. The number of para-hydroxylation sites is 1. The van der Waals surface area contributed by atoms with Crippen LogP contribution in [0.4, 0.5) is 0 Å². The lowest BCUT2D eigenvalue weighted by Gasteiger charge is -2.23. The number of benzene rings is 1. The summed E-state index contributed by atoms with van der Waals surface area (Å²) in [5.74, 6) is 1.91. The largest absolute Gasteiger partial charge is 0.496 e. The van der Waals surface area contributed by atoms with Crippen molar-refractivity contribution in [3.05, 3.63) is 24.3 Å². The molecule has 16 heavy (non-hydrogen) atoms. The van der Waals surface area contributed by atoms with Gasteiger partial charge >= 0.3 is 0 Å². The Kier molecular flexibility index (Phi) is 4.51. The first-order valence-corrected chi connectivity index (χ1v) is 6.47. The third kappa shape index (κ3) is 3.14. The molecule has 1 aromatic carbocycles. The lowest BCUT2D eigenvalue weighted by Crippen LogP contribution is -2.39. The van der Waals surface area contributed by atoms with Gasteiger partial charge in [-0.1, -0.05) is 12.1 Å². The van der Waals surface area contributed by atoms with Crippen LogP contribution in [0.5, 0.6) is 5.75 Å². The molecule has 2 rings (SSSR count). The van der Waals surface area contributed by atoms with Crippen LogP contribution < -0.4 is 10.1 Å². The van der Waals surface area contributed by atoms with Gasteiger partial charge in [-0.15, -0.1) is 11.8 Å². The molecule has 1 N–H and O–H groups in total. The summed E-state index contributed by atoms with van der Waals surface area (Å²) in [6.45, 7) is 2.73. The van der Waals surface area contributed by atoms with Crippen molar-refractivity contribution in [2.75, 3.05) is 32.6 Å². The van der Waals surface area contributed by atoms with Crippen LogP contribution in [-0.4, -0.2) is 38.7 Å². The Morgan fingerprint density at radius 2 is 2.38 bits per heavy atom. The summed E-state index contributed by atoms with van der Waals surface area (Å²) in [7, 11) is 1.71. The molecule has 3 nitrogen and oxygen atoms in total. The highest BCUT2D eigenvalue weighted by atomic mass is 32.2. The molecular formula is C12H17NO2S. The van der Waals surface area contributed by atoms with Gasteiger partial charge in [0.05, 0.1) is 19.8 Å². The first kappa shape index (κ1) is 11.8. The Labute approximate surface area is 101 Å². The average Bonchev–Trinajstić information content (AvgIpc) is 2.38. The third-order valence-electron chi connectivity index (χ3n) is 2.50. The molecule has 1 fully saturated rings. The molecule has 0 bridgehead atoms. The Bertz CT molecular complexity index is 327. The minimum atomic E-state index is 0.309. The number of thioether (sulfide) groups is 1. The molecule has 1 saturated heterocycles. The summed E-state index contributed by atoms with van der Waals surface area (Å²) in [4.78, 5) is 1.18. The molecule has 1 aliphatic heterocycles. The normalized spacial score (nSPS) is 20.7. The average molecular weight is 239 g/mol. The Balaban J connectivity index is 1.88. The first-order chi connectivity index (χ1) is 7.90. The molecule has 1 heterocycles. The van der Waals surface area contributed by atoms with Crippen molar-refractivity contribution in [3.63, 3.8) is 0 Å². The zero-order chi connectivity index (χ0) is 11.2. The topological polar surface area (TPSA) is 30.5 Å². The molecule has 4 heteroatoms. The highest BCUT2D eigenvalue weighted by Crippen LogP contribution is 2.29. The van der Waals surface area contributed by atoms with E-state index in [1.807, 2.05) is 18.2 Å². The zero-order valence-corrected chi connectivity index (χ0v) is 10.3. The summed E-state index contributed by atoms with van der Waals surface area (Å²) >= 11 is 1.79. The van der Waals surface area contributed by atoms with E-state index in [1.54, 1.807) is 18.9 Å². The van der Waals surface area contributed by atoms with Gasteiger partial charge < -0.3 is 14.8 Å². The van der Waals surface area contributed by atoms with Crippen molar-refractivity contribution < 1.29 is 9.47 Å². The second-order valence-corrected chi connectivity index (χ2v) is 4.72. The highest BCUT2D eigenvalue weighted by Gasteiger charge is 2.14. The van der Waals surface area contributed by atoms with Gasteiger partial charge in [0, 0.05) is 23.7 Å².